The molecule has 0 N–H and O–H groups in total. The summed E-state index contributed by atoms with van der Waals surface area (Å²) in [6.45, 7) is 9.56. The van der Waals surface area contributed by atoms with Crippen molar-refractivity contribution in [2.24, 2.45) is 0 Å². The molecule has 26 heavy (non-hydrogen) atoms. The van der Waals surface area contributed by atoms with E-state index in [0.29, 0.717) is 32.0 Å². The third kappa shape index (κ3) is 4.88. The van der Waals surface area contributed by atoms with E-state index < -0.39 is 10.0 Å². The summed E-state index contributed by atoms with van der Waals surface area (Å²) < 4.78 is 31.2. The summed E-state index contributed by atoms with van der Waals surface area (Å²) >= 11 is 0. The summed E-state index contributed by atoms with van der Waals surface area (Å²) in [4.78, 5) is 16.4. The van der Waals surface area contributed by atoms with Crippen LogP contribution in [0.4, 0.5) is 11.4 Å². The fourth-order valence-corrected chi connectivity index (χ4v) is 4.03. The van der Waals surface area contributed by atoms with Gasteiger partial charge in [0.05, 0.1) is 25.2 Å². The lowest BCUT2D eigenvalue weighted by Gasteiger charge is -2.31. The van der Waals surface area contributed by atoms with Gasteiger partial charge in [0.2, 0.25) is 15.9 Å². The van der Waals surface area contributed by atoms with Gasteiger partial charge in [0.15, 0.2) is 0 Å². The molecule has 2 rings (SSSR count). The van der Waals surface area contributed by atoms with E-state index in [-0.39, 0.29) is 12.5 Å². The lowest BCUT2D eigenvalue weighted by molar-refractivity contribution is -0.133. The number of ether oxygens (including phenoxy) is 1. The SMILES string of the molecule is CCN(CC)c1ccc(N(CC(=O)N2CCOCC2)S(C)(=O)=O)c(C)c1. The van der Waals surface area contributed by atoms with Crippen LogP contribution in [0.25, 0.3) is 0 Å². The molecule has 1 saturated heterocycles. The van der Waals surface area contributed by atoms with Gasteiger partial charge in [-0.2, -0.15) is 0 Å². The molecule has 1 aromatic rings. The summed E-state index contributed by atoms with van der Waals surface area (Å²) in [5.74, 6) is -0.203. The first-order valence-corrected chi connectivity index (χ1v) is 10.8. The molecule has 8 heteroatoms. The summed E-state index contributed by atoms with van der Waals surface area (Å²) in [5.41, 5.74) is 2.42. The Morgan fingerprint density at radius 2 is 1.81 bits per heavy atom. The van der Waals surface area contributed by atoms with Gasteiger partial charge in [-0.1, -0.05) is 0 Å². The normalized spacial score (nSPS) is 15.0. The topological polar surface area (TPSA) is 70.2 Å². The molecular formula is C18H29N3O4S. The number of aryl methyl sites for hydroxylation is 1. The Bertz CT molecular complexity index is 726. The van der Waals surface area contributed by atoms with E-state index in [2.05, 4.69) is 18.7 Å². The highest BCUT2D eigenvalue weighted by Crippen LogP contribution is 2.27. The van der Waals surface area contributed by atoms with Crippen LogP contribution in [0.5, 0.6) is 0 Å². The van der Waals surface area contributed by atoms with Crippen molar-refractivity contribution in [3.05, 3.63) is 23.8 Å². The van der Waals surface area contributed by atoms with Gasteiger partial charge in [-0.15, -0.1) is 0 Å². The molecule has 0 radical (unpaired) electrons. The predicted molar refractivity (Wildman–Crippen MR) is 104 cm³/mol. The molecule has 0 spiro atoms. The number of hydrogen-bond donors (Lipinski definition) is 0. The van der Waals surface area contributed by atoms with Gasteiger partial charge in [-0.05, 0) is 44.5 Å². The van der Waals surface area contributed by atoms with Gasteiger partial charge < -0.3 is 14.5 Å². The number of morpholine rings is 1. The van der Waals surface area contributed by atoms with Crippen LogP contribution in [0.2, 0.25) is 0 Å². The first-order valence-electron chi connectivity index (χ1n) is 8.96. The minimum absolute atomic E-state index is 0.190. The van der Waals surface area contributed by atoms with Gasteiger partial charge in [0.1, 0.15) is 6.54 Å². The third-order valence-corrected chi connectivity index (χ3v) is 5.75. The Morgan fingerprint density at radius 1 is 1.19 bits per heavy atom. The van der Waals surface area contributed by atoms with Crippen molar-refractivity contribution in [1.29, 1.82) is 0 Å². The second-order valence-corrected chi connectivity index (χ2v) is 8.31. The van der Waals surface area contributed by atoms with Crippen LogP contribution in [-0.4, -0.2) is 71.4 Å². The van der Waals surface area contributed by atoms with Crippen LogP contribution >= 0.6 is 0 Å². The highest BCUT2D eigenvalue weighted by Gasteiger charge is 2.26. The minimum atomic E-state index is -3.58. The molecule has 1 aromatic carbocycles. The van der Waals surface area contributed by atoms with Crippen LogP contribution in [-0.2, 0) is 19.6 Å². The molecule has 1 aliphatic rings. The number of nitrogens with zero attached hydrogens (tertiary/aromatic N) is 3. The Balaban J connectivity index is 2.28. The van der Waals surface area contributed by atoms with Crippen LogP contribution in [0.15, 0.2) is 18.2 Å². The first-order chi connectivity index (χ1) is 12.3. The minimum Gasteiger partial charge on any atom is -0.378 e. The Hall–Kier alpha value is -1.80. The van der Waals surface area contributed by atoms with E-state index >= 15 is 0 Å². The number of benzene rings is 1. The maximum absolute atomic E-state index is 12.6. The molecule has 0 bridgehead atoms. The second-order valence-electron chi connectivity index (χ2n) is 6.41. The van der Waals surface area contributed by atoms with Gasteiger partial charge >= 0.3 is 0 Å². The molecule has 1 amide bonds. The molecule has 0 saturated carbocycles. The summed E-state index contributed by atoms with van der Waals surface area (Å²) in [5, 5.41) is 0. The molecule has 146 valence electrons. The number of amides is 1. The monoisotopic (exact) mass is 383 g/mol. The number of carbonyl (C=O) groups is 1. The lowest BCUT2D eigenvalue weighted by Crippen LogP contribution is -2.47. The molecule has 0 aromatic heterocycles. The molecule has 1 aliphatic heterocycles. The quantitative estimate of drug-likeness (QED) is 0.713. The van der Waals surface area contributed by atoms with E-state index in [0.717, 1.165) is 30.6 Å². The Morgan fingerprint density at radius 3 is 2.31 bits per heavy atom. The van der Waals surface area contributed by atoms with Crippen molar-refractivity contribution in [1.82, 2.24) is 4.90 Å². The van der Waals surface area contributed by atoms with Crippen molar-refractivity contribution < 1.29 is 17.9 Å². The zero-order valence-corrected chi connectivity index (χ0v) is 16.9. The fourth-order valence-electron chi connectivity index (χ4n) is 3.12. The van der Waals surface area contributed by atoms with Gasteiger partial charge in [0.25, 0.3) is 0 Å². The van der Waals surface area contributed by atoms with Crippen molar-refractivity contribution in [2.45, 2.75) is 20.8 Å². The first kappa shape index (κ1) is 20.5. The summed E-state index contributed by atoms with van der Waals surface area (Å²) in [6.07, 6.45) is 1.14. The molecule has 0 unspecified atom stereocenters. The molecule has 0 aliphatic carbocycles. The van der Waals surface area contributed by atoms with Gasteiger partial charge in [0, 0.05) is 31.9 Å². The molecule has 1 heterocycles. The number of hydrogen-bond acceptors (Lipinski definition) is 5. The molecular weight excluding hydrogens is 354 g/mol. The van der Waals surface area contributed by atoms with E-state index in [4.69, 9.17) is 4.74 Å². The Labute approximate surface area is 156 Å². The molecule has 0 atom stereocenters. The highest BCUT2D eigenvalue weighted by atomic mass is 32.2. The van der Waals surface area contributed by atoms with Crippen molar-refractivity contribution in [3.8, 4) is 0 Å². The van der Waals surface area contributed by atoms with Gasteiger partial charge in [-0.3, -0.25) is 9.10 Å². The average molecular weight is 384 g/mol. The van der Waals surface area contributed by atoms with Crippen molar-refractivity contribution >= 4 is 27.3 Å². The third-order valence-electron chi connectivity index (χ3n) is 4.62. The van der Waals surface area contributed by atoms with Crippen LogP contribution in [0.3, 0.4) is 0 Å². The standard InChI is InChI=1S/C18H29N3O4S/c1-5-19(6-2)16-7-8-17(15(3)13-16)21(26(4,23)24)14-18(22)20-9-11-25-12-10-20/h7-8,13H,5-6,9-12,14H2,1-4H3. The van der Waals surface area contributed by atoms with E-state index in [1.807, 2.05) is 19.1 Å². The van der Waals surface area contributed by atoms with Crippen LogP contribution in [0, 0.1) is 6.92 Å². The van der Waals surface area contributed by atoms with E-state index in [9.17, 15) is 13.2 Å². The zero-order chi connectivity index (χ0) is 19.3. The largest absolute Gasteiger partial charge is 0.378 e. The van der Waals surface area contributed by atoms with E-state index in [1.54, 1.807) is 11.0 Å². The zero-order valence-electron chi connectivity index (χ0n) is 16.1. The fraction of sp³-hybridized carbons (Fsp3) is 0.611. The molecule has 1 fully saturated rings. The number of sulfonamides is 1. The Kier molecular flexibility index (Phi) is 6.88. The lowest BCUT2D eigenvalue weighted by atomic mass is 10.1. The highest BCUT2D eigenvalue weighted by molar-refractivity contribution is 7.92. The van der Waals surface area contributed by atoms with Crippen molar-refractivity contribution in [2.75, 3.05) is 61.4 Å². The number of rotatable bonds is 7. The van der Waals surface area contributed by atoms with Gasteiger partial charge in [-0.25, -0.2) is 8.42 Å². The maximum atomic E-state index is 12.6. The number of carbonyl (C=O) groups excluding carboxylic acids is 1. The number of anilines is 2. The molecule has 7 nitrogen and oxygen atoms in total. The van der Waals surface area contributed by atoms with E-state index in [1.165, 1.54) is 4.31 Å². The smallest absolute Gasteiger partial charge is 0.243 e. The predicted octanol–water partition coefficient (Wildman–Crippen LogP) is 1.47. The van der Waals surface area contributed by atoms with Crippen molar-refractivity contribution in [3.63, 3.8) is 0 Å². The second kappa shape index (κ2) is 8.73. The van der Waals surface area contributed by atoms with Crippen LogP contribution in [0.1, 0.15) is 19.4 Å². The average Bonchev–Trinajstić information content (AvgIpc) is 2.61. The van der Waals surface area contributed by atoms with Crippen LogP contribution < -0.4 is 9.21 Å². The summed E-state index contributed by atoms with van der Waals surface area (Å²) in [7, 11) is -3.58. The summed E-state index contributed by atoms with van der Waals surface area (Å²) in [6, 6.07) is 5.67. The maximum Gasteiger partial charge on any atom is 0.243 e.